The first kappa shape index (κ1) is 18.3. The molecule has 1 aromatic heterocycles. The van der Waals surface area contributed by atoms with Gasteiger partial charge in [-0.15, -0.1) is 11.3 Å². The van der Waals surface area contributed by atoms with Gasteiger partial charge < -0.3 is 19.5 Å². The molecule has 6 nitrogen and oxygen atoms in total. The van der Waals surface area contributed by atoms with E-state index in [2.05, 4.69) is 5.32 Å². The Kier molecular flexibility index (Phi) is 5.46. The molecule has 26 heavy (non-hydrogen) atoms. The van der Waals surface area contributed by atoms with E-state index in [1.807, 2.05) is 0 Å². The number of hydrogen-bond acceptors (Lipinski definition) is 6. The van der Waals surface area contributed by atoms with Crippen molar-refractivity contribution in [1.29, 1.82) is 0 Å². The molecular formula is C19H21NO5S. The first-order chi connectivity index (χ1) is 12.6. The number of ether oxygens (including phenoxy) is 3. The van der Waals surface area contributed by atoms with Crippen LogP contribution in [0.2, 0.25) is 0 Å². The molecule has 7 heteroatoms. The monoisotopic (exact) mass is 375 g/mol. The van der Waals surface area contributed by atoms with Gasteiger partial charge in [-0.3, -0.25) is 4.79 Å². The average Bonchev–Trinajstić information content (AvgIpc) is 3.04. The second-order valence-corrected chi connectivity index (χ2v) is 7.03. The van der Waals surface area contributed by atoms with E-state index in [9.17, 15) is 9.59 Å². The summed E-state index contributed by atoms with van der Waals surface area (Å²) in [6.07, 6.45) is 3.87. The number of amides is 1. The van der Waals surface area contributed by atoms with Gasteiger partial charge in [0.15, 0.2) is 0 Å². The van der Waals surface area contributed by atoms with E-state index in [0.717, 1.165) is 36.1 Å². The lowest BCUT2D eigenvalue weighted by molar-refractivity contribution is 0.0601. The average molecular weight is 375 g/mol. The van der Waals surface area contributed by atoms with Gasteiger partial charge in [-0.05, 0) is 49.4 Å². The second kappa shape index (κ2) is 7.78. The van der Waals surface area contributed by atoms with Crippen LogP contribution in [0.25, 0.3) is 0 Å². The van der Waals surface area contributed by atoms with Gasteiger partial charge in [-0.1, -0.05) is 0 Å². The first-order valence-electron chi connectivity index (χ1n) is 8.35. The molecule has 0 bridgehead atoms. The molecule has 2 aromatic rings. The highest BCUT2D eigenvalue weighted by molar-refractivity contribution is 7.17. The number of hydrogen-bond donors (Lipinski definition) is 1. The molecule has 0 atom stereocenters. The molecule has 0 unspecified atom stereocenters. The number of anilines is 1. The van der Waals surface area contributed by atoms with Gasteiger partial charge >= 0.3 is 5.97 Å². The van der Waals surface area contributed by atoms with Crippen molar-refractivity contribution in [2.45, 2.75) is 25.7 Å². The van der Waals surface area contributed by atoms with E-state index in [4.69, 9.17) is 14.2 Å². The van der Waals surface area contributed by atoms with Crippen LogP contribution in [0.3, 0.4) is 0 Å². The Hall–Kier alpha value is -2.54. The summed E-state index contributed by atoms with van der Waals surface area (Å²) in [4.78, 5) is 26.3. The van der Waals surface area contributed by atoms with Crippen LogP contribution in [0, 0.1) is 0 Å². The smallest absolute Gasteiger partial charge is 0.341 e. The largest absolute Gasteiger partial charge is 0.497 e. The molecule has 0 saturated heterocycles. The number of rotatable bonds is 5. The Morgan fingerprint density at radius 3 is 2.54 bits per heavy atom. The van der Waals surface area contributed by atoms with Crippen LogP contribution in [0.15, 0.2) is 18.2 Å². The van der Waals surface area contributed by atoms with Crippen molar-refractivity contribution in [3.8, 4) is 11.5 Å². The molecule has 0 spiro atoms. The van der Waals surface area contributed by atoms with Crippen molar-refractivity contribution in [2.75, 3.05) is 26.6 Å². The number of benzene rings is 1. The van der Waals surface area contributed by atoms with Gasteiger partial charge in [-0.25, -0.2) is 4.79 Å². The van der Waals surface area contributed by atoms with Gasteiger partial charge in [0, 0.05) is 4.88 Å². The molecule has 0 saturated carbocycles. The lowest BCUT2D eigenvalue weighted by Gasteiger charge is -2.12. The van der Waals surface area contributed by atoms with Crippen LogP contribution in [0.5, 0.6) is 11.5 Å². The number of thiophene rings is 1. The molecule has 1 amide bonds. The summed E-state index contributed by atoms with van der Waals surface area (Å²) in [5.41, 5.74) is 1.82. The maximum atomic E-state index is 12.8. The highest BCUT2D eigenvalue weighted by atomic mass is 32.1. The van der Waals surface area contributed by atoms with Gasteiger partial charge in [0.2, 0.25) is 0 Å². The van der Waals surface area contributed by atoms with Crippen molar-refractivity contribution in [3.05, 3.63) is 39.8 Å². The molecule has 1 aromatic carbocycles. The van der Waals surface area contributed by atoms with Crippen LogP contribution in [0.1, 0.15) is 44.0 Å². The quantitative estimate of drug-likeness (QED) is 0.807. The Bertz CT molecular complexity index is 843. The van der Waals surface area contributed by atoms with E-state index in [1.165, 1.54) is 32.7 Å². The fourth-order valence-electron chi connectivity index (χ4n) is 3.13. The van der Waals surface area contributed by atoms with Crippen LogP contribution in [0.4, 0.5) is 5.00 Å². The van der Waals surface area contributed by atoms with Crippen molar-refractivity contribution in [2.24, 2.45) is 0 Å². The van der Waals surface area contributed by atoms with Gasteiger partial charge in [0.25, 0.3) is 5.91 Å². The number of methoxy groups -OCH3 is 3. The van der Waals surface area contributed by atoms with Gasteiger partial charge in [0.1, 0.15) is 16.5 Å². The zero-order valence-electron chi connectivity index (χ0n) is 15.0. The standard InChI is InChI=1S/C19H21NO5S/c1-23-11-8-9-14(24-2)13(10-11)17(21)20-18-16(19(22)25-3)12-6-4-5-7-15(12)26-18/h8-10H,4-7H2,1-3H3,(H,20,21). The Morgan fingerprint density at radius 1 is 1.08 bits per heavy atom. The molecule has 0 radical (unpaired) electrons. The summed E-state index contributed by atoms with van der Waals surface area (Å²) in [6, 6.07) is 5.01. The summed E-state index contributed by atoms with van der Waals surface area (Å²) in [5, 5.41) is 3.39. The van der Waals surface area contributed by atoms with Crippen molar-refractivity contribution >= 4 is 28.2 Å². The number of nitrogens with one attached hydrogen (secondary N) is 1. The number of aryl methyl sites for hydroxylation is 1. The zero-order chi connectivity index (χ0) is 18.7. The number of carbonyl (C=O) groups excluding carboxylic acids is 2. The lowest BCUT2D eigenvalue weighted by atomic mass is 9.95. The van der Waals surface area contributed by atoms with Crippen LogP contribution in [-0.4, -0.2) is 33.2 Å². The SMILES string of the molecule is COC(=O)c1c(NC(=O)c2cc(OC)ccc2OC)sc2c1CCCC2. The highest BCUT2D eigenvalue weighted by Crippen LogP contribution is 2.39. The Labute approximate surface area is 156 Å². The minimum atomic E-state index is -0.419. The summed E-state index contributed by atoms with van der Waals surface area (Å²) < 4.78 is 15.4. The van der Waals surface area contributed by atoms with Gasteiger partial charge in [-0.2, -0.15) is 0 Å². The first-order valence-corrected chi connectivity index (χ1v) is 9.17. The third-order valence-corrected chi connectivity index (χ3v) is 5.65. The van der Waals surface area contributed by atoms with Crippen molar-refractivity contribution < 1.29 is 23.8 Å². The maximum Gasteiger partial charge on any atom is 0.341 e. The Morgan fingerprint density at radius 2 is 1.85 bits per heavy atom. The van der Waals surface area contributed by atoms with Crippen molar-refractivity contribution in [3.63, 3.8) is 0 Å². The molecule has 0 fully saturated rings. The summed E-state index contributed by atoms with van der Waals surface area (Å²) >= 11 is 1.45. The van der Waals surface area contributed by atoms with Crippen LogP contribution in [-0.2, 0) is 17.6 Å². The third kappa shape index (κ3) is 3.39. The number of carbonyl (C=O) groups is 2. The van der Waals surface area contributed by atoms with Crippen molar-refractivity contribution in [1.82, 2.24) is 0 Å². The van der Waals surface area contributed by atoms with E-state index < -0.39 is 5.97 Å². The topological polar surface area (TPSA) is 73.9 Å². The van der Waals surface area contributed by atoms with Crippen LogP contribution < -0.4 is 14.8 Å². The van der Waals surface area contributed by atoms with Crippen LogP contribution >= 0.6 is 11.3 Å². The minimum absolute atomic E-state index is 0.342. The summed E-state index contributed by atoms with van der Waals surface area (Å²) in [5.74, 6) is 0.209. The molecule has 0 aliphatic heterocycles. The highest BCUT2D eigenvalue weighted by Gasteiger charge is 2.27. The molecule has 3 rings (SSSR count). The summed E-state index contributed by atoms with van der Waals surface area (Å²) in [7, 11) is 4.39. The third-order valence-electron chi connectivity index (χ3n) is 4.44. The molecular weight excluding hydrogens is 354 g/mol. The van der Waals surface area contributed by atoms with E-state index in [-0.39, 0.29) is 5.91 Å². The molecule has 138 valence electrons. The summed E-state index contributed by atoms with van der Waals surface area (Å²) in [6.45, 7) is 0. The maximum absolute atomic E-state index is 12.8. The van der Waals surface area contributed by atoms with E-state index in [0.29, 0.717) is 27.6 Å². The fourth-order valence-corrected chi connectivity index (χ4v) is 4.41. The van der Waals surface area contributed by atoms with Gasteiger partial charge in [0.05, 0.1) is 32.5 Å². The van der Waals surface area contributed by atoms with E-state index >= 15 is 0 Å². The predicted octanol–water partition coefficient (Wildman–Crippen LogP) is 3.68. The van der Waals surface area contributed by atoms with E-state index in [1.54, 1.807) is 18.2 Å². The molecule has 1 aliphatic rings. The normalized spacial score (nSPS) is 12.9. The molecule has 1 heterocycles. The minimum Gasteiger partial charge on any atom is -0.497 e. The second-order valence-electron chi connectivity index (χ2n) is 5.93. The fraction of sp³-hybridized carbons (Fsp3) is 0.368. The number of fused-ring (bicyclic) bond motifs is 1. The Balaban J connectivity index is 1.97. The number of esters is 1. The molecule has 1 aliphatic carbocycles. The lowest BCUT2D eigenvalue weighted by Crippen LogP contribution is -2.16. The zero-order valence-corrected chi connectivity index (χ0v) is 15.8. The predicted molar refractivity (Wildman–Crippen MR) is 99.8 cm³/mol. The molecule has 1 N–H and O–H groups in total.